The molecule has 0 saturated carbocycles. The zero-order valence-electron chi connectivity index (χ0n) is 13.1. The lowest BCUT2D eigenvalue weighted by Crippen LogP contribution is -2.30. The molecular weight excluding hydrogens is 316 g/mol. The molecule has 6 heteroatoms. The molecule has 23 heavy (non-hydrogen) atoms. The van der Waals surface area contributed by atoms with E-state index in [9.17, 15) is 4.79 Å². The van der Waals surface area contributed by atoms with E-state index in [4.69, 9.17) is 21.1 Å². The molecule has 0 aliphatic rings. The number of carbonyl (C=O) groups is 1. The van der Waals surface area contributed by atoms with E-state index in [1.165, 1.54) is 0 Å². The number of rotatable bonds is 6. The third-order valence-electron chi connectivity index (χ3n) is 3.25. The molecule has 2 aromatic rings. The lowest BCUT2D eigenvalue weighted by Gasteiger charge is -2.10. The average molecular weight is 335 g/mol. The van der Waals surface area contributed by atoms with Crippen molar-refractivity contribution in [3.05, 3.63) is 53.1 Å². The van der Waals surface area contributed by atoms with Crippen molar-refractivity contribution in [1.29, 1.82) is 0 Å². The molecule has 0 heterocycles. The van der Waals surface area contributed by atoms with Crippen molar-refractivity contribution >= 4 is 23.3 Å². The van der Waals surface area contributed by atoms with E-state index in [0.29, 0.717) is 35.2 Å². The summed E-state index contributed by atoms with van der Waals surface area (Å²) in [5, 5.41) is 6.18. The first-order valence-corrected chi connectivity index (χ1v) is 7.51. The Kier molecular flexibility index (Phi) is 6.11. The summed E-state index contributed by atoms with van der Waals surface area (Å²) in [7, 11) is 3.19. The van der Waals surface area contributed by atoms with Gasteiger partial charge in [-0.3, -0.25) is 0 Å². The van der Waals surface area contributed by atoms with E-state index in [2.05, 4.69) is 10.6 Å². The largest absolute Gasteiger partial charge is 0.493 e. The second-order valence-corrected chi connectivity index (χ2v) is 5.26. The molecule has 2 aromatic carbocycles. The molecule has 2 amide bonds. The number of anilines is 1. The normalized spacial score (nSPS) is 10.0. The lowest BCUT2D eigenvalue weighted by molar-refractivity contribution is 0.252. The third-order valence-corrected chi connectivity index (χ3v) is 3.50. The Bertz CT molecular complexity index is 659. The quantitative estimate of drug-likeness (QED) is 0.846. The van der Waals surface area contributed by atoms with Crippen molar-refractivity contribution in [2.24, 2.45) is 0 Å². The summed E-state index contributed by atoms with van der Waals surface area (Å²) in [6.07, 6.45) is 0.689. The molecule has 0 unspecified atom stereocenters. The van der Waals surface area contributed by atoms with Gasteiger partial charge in [0.2, 0.25) is 0 Å². The molecule has 0 saturated heterocycles. The fourth-order valence-corrected chi connectivity index (χ4v) is 2.19. The maximum atomic E-state index is 11.8. The molecule has 0 aromatic heterocycles. The number of halogens is 1. The number of nitrogens with one attached hydrogen (secondary N) is 2. The Balaban J connectivity index is 1.82. The Morgan fingerprint density at radius 2 is 1.74 bits per heavy atom. The van der Waals surface area contributed by atoms with Crippen LogP contribution in [0.2, 0.25) is 5.02 Å². The topological polar surface area (TPSA) is 59.6 Å². The highest BCUT2D eigenvalue weighted by Crippen LogP contribution is 2.27. The van der Waals surface area contributed by atoms with Crippen LogP contribution < -0.4 is 20.1 Å². The van der Waals surface area contributed by atoms with Crippen molar-refractivity contribution in [2.75, 3.05) is 26.1 Å². The molecular formula is C17H19ClN2O3. The first-order chi connectivity index (χ1) is 11.1. The van der Waals surface area contributed by atoms with Gasteiger partial charge in [0.1, 0.15) is 0 Å². The van der Waals surface area contributed by atoms with E-state index >= 15 is 0 Å². The summed E-state index contributed by atoms with van der Waals surface area (Å²) in [4.78, 5) is 11.8. The van der Waals surface area contributed by atoms with Crippen LogP contribution in [-0.2, 0) is 6.42 Å². The van der Waals surface area contributed by atoms with Gasteiger partial charge in [-0.25, -0.2) is 4.79 Å². The second kappa shape index (κ2) is 8.29. The molecule has 0 bridgehead atoms. The van der Waals surface area contributed by atoms with Gasteiger partial charge in [0.15, 0.2) is 11.5 Å². The van der Waals surface area contributed by atoms with Crippen molar-refractivity contribution in [1.82, 2.24) is 5.32 Å². The van der Waals surface area contributed by atoms with Crippen LogP contribution in [0.4, 0.5) is 10.5 Å². The highest BCUT2D eigenvalue weighted by molar-refractivity contribution is 6.30. The van der Waals surface area contributed by atoms with E-state index in [0.717, 1.165) is 5.56 Å². The van der Waals surface area contributed by atoms with Crippen molar-refractivity contribution < 1.29 is 14.3 Å². The summed E-state index contributed by atoms with van der Waals surface area (Å²) in [5.74, 6) is 1.36. The summed E-state index contributed by atoms with van der Waals surface area (Å²) in [6.45, 7) is 0.509. The molecule has 0 radical (unpaired) electrons. The summed E-state index contributed by atoms with van der Waals surface area (Å²) >= 11 is 5.80. The van der Waals surface area contributed by atoms with Gasteiger partial charge >= 0.3 is 6.03 Å². The molecule has 0 spiro atoms. The fourth-order valence-electron chi connectivity index (χ4n) is 2.07. The maximum Gasteiger partial charge on any atom is 0.319 e. The number of methoxy groups -OCH3 is 2. The molecule has 0 aliphatic carbocycles. The minimum absolute atomic E-state index is 0.257. The van der Waals surface area contributed by atoms with Crippen LogP contribution in [0.5, 0.6) is 11.5 Å². The number of amides is 2. The van der Waals surface area contributed by atoms with E-state index in [-0.39, 0.29) is 6.03 Å². The molecule has 2 N–H and O–H groups in total. The van der Waals surface area contributed by atoms with Gasteiger partial charge < -0.3 is 20.1 Å². The van der Waals surface area contributed by atoms with Gasteiger partial charge in [-0.1, -0.05) is 17.7 Å². The Labute approximate surface area is 140 Å². The smallest absolute Gasteiger partial charge is 0.319 e. The first kappa shape index (κ1) is 17.0. The number of urea groups is 1. The Morgan fingerprint density at radius 1 is 1.04 bits per heavy atom. The van der Waals surface area contributed by atoms with Gasteiger partial charge in [-0.05, 0) is 48.4 Å². The number of hydrogen-bond acceptors (Lipinski definition) is 3. The van der Waals surface area contributed by atoms with Gasteiger partial charge in [0.25, 0.3) is 0 Å². The predicted octanol–water partition coefficient (Wildman–Crippen LogP) is 3.72. The molecule has 0 fully saturated rings. The van der Waals surface area contributed by atoms with E-state index < -0.39 is 0 Å². The second-order valence-electron chi connectivity index (χ2n) is 4.83. The molecule has 2 rings (SSSR count). The highest BCUT2D eigenvalue weighted by atomic mass is 35.5. The molecule has 0 aliphatic heterocycles. The van der Waals surface area contributed by atoms with Crippen LogP contribution in [0.3, 0.4) is 0 Å². The van der Waals surface area contributed by atoms with Gasteiger partial charge in [-0.2, -0.15) is 0 Å². The number of benzene rings is 2. The SMILES string of the molecule is COc1ccc(CCNC(=O)Nc2ccc(Cl)cc2)cc1OC. The number of hydrogen-bond donors (Lipinski definition) is 2. The minimum Gasteiger partial charge on any atom is -0.493 e. The lowest BCUT2D eigenvalue weighted by atomic mass is 10.1. The number of carbonyl (C=O) groups excluding carboxylic acids is 1. The van der Waals surface area contributed by atoms with Crippen molar-refractivity contribution in [3.63, 3.8) is 0 Å². The van der Waals surface area contributed by atoms with Crippen LogP contribution in [0.25, 0.3) is 0 Å². The Hall–Kier alpha value is -2.40. The summed E-state index contributed by atoms with van der Waals surface area (Å²) in [6, 6.07) is 12.4. The first-order valence-electron chi connectivity index (χ1n) is 7.13. The summed E-state index contributed by atoms with van der Waals surface area (Å²) in [5.41, 5.74) is 1.74. The van der Waals surface area contributed by atoms with Crippen molar-refractivity contribution in [3.8, 4) is 11.5 Å². The molecule has 0 atom stereocenters. The van der Waals surface area contributed by atoms with Gasteiger partial charge in [0.05, 0.1) is 14.2 Å². The Morgan fingerprint density at radius 3 is 2.39 bits per heavy atom. The fraction of sp³-hybridized carbons (Fsp3) is 0.235. The van der Waals surface area contributed by atoms with Crippen LogP contribution >= 0.6 is 11.6 Å². The zero-order valence-corrected chi connectivity index (χ0v) is 13.8. The van der Waals surface area contributed by atoms with E-state index in [1.807, 2.05) is 18.2 Å². The highest BCUT2D eigenvalue weighted by Gasteiger charge is 2.05. The maximum absolute atomic E-state index is 11.8. The predicted molar refractivity (Wildman–Crippen MR) is 91.7 cm³/mol. The van der Waals surface area contributed by atoms with Crippen LogP contribution in [0.1, 0.15) is 5.56 Å². The molecule has 122 valence electrons. The van der Waals surface area contributed by atoms with Crippen LogP contribution in [0, 0.1) is 0 Å². The van der Waals surface area contributed by atoms with Crippen LogP contribution in [-0.4, -0.2) is 26.8 Å². The zero-order chi connectivity index (χ0) is 16.7. The van der Waals surface area contributed by atoms with Gasteiger partial charge in [-0.15, -0.1) is 0 Å². The van der Waals surface area contributed by atoms with Crippen molar-refractivity contribution in [2.45, 2.75) is 6.42 Å². The standard InChI is InChI=1S/C17H19ClN2O3/c1-22-15-8-3-12(11-16(15)23-2)9-10-19-17(21)20-14-6-4-13(18)5-7-14/h3-8,11H,9-10H2,1-2H3,(H2,19,20,21). The van der Waals surface area contributed by atoms with Crippen LogP contribution in [0.15, 0.2) is 42.5 Å². The summed E-state index contributed by atoms with van der Waals surface area (Å²) < 4.78 is 10.5. The minimum atomic E-state index is -0.257. The van der Waals surface area contributed by atoms with E-state index in [1.54, 1.807) is 38.5 Å². The number of ether oxygens (including phenoxy) is 2. The molecule has 5 nitrogen and oxygen atoms in total. The van der Waals surface area contributed by atoms with Gasteiger partial charge in [0, 0.05) is 17.3 Å². The third kappa shape index (κ3) is 5.07. The monoisotopic (exact) mass is 334 g/mol. The average Bonchev–Trinajstić information content (AvgIpc) is 2.56.